The Bertz CT molecular complexity index is 4150. The fourth-order valence-electron chi connectivity index (χ4n) is 10.3. The van der Waals surface area contributed by atoms with Gasteiger partial charge in [0.1, 0.15) is 0 Å². The maximum atomic E-state index is 6.16. The molecule has 10 nitrogen and oxygen atoms in total. The predicted octanol–water partition coefficient (Wildman–Crippen LogP) is 17.6. The van der Waals surface area contributed by atoms with Gasteiger partial charge in [0.2, 0.25) is 23.6 Å². The first-order valence-electron chi connectivity index (χ1n) is 25.7. The maximum absolute atomic E-state index is 6.16. The molecule has 0 aliphatic carbocycles. The van der Waals surface area contributed by atoms with Gasteiger partial charge in [-0.2, -0.15) is 0 Å². The summed E-state index contributed by atoms with van der Waals surface area (Å²) in [6.07, 6.45) is 0. The lowest BCUT2D eigenvalue weighted by molar-refractivity contribution is 0.584. The van der Waals surface area contributed by atoms with Gasteiger partial charge in [0, 0.05) is 66.9 Å². The molecule has 0 bridgehead atoms. The minimum atomic E-state index is 0.454. The zero-order valence-electron chi connectivity index (χ0n) is 41.8. The van der Waals surface area contributed by atoms with Crippen LogP contribution < -0.4 is 9.80 Å². The van der Waals surface area contributed by atoms with Crippen LogP contribution in [0.4, 0.5) is 34.1 Å². The molecular formula is C68H44N8O2. The first kappa shape index (κ1) is 45.7. The average molecular weight is 1010 g/mol. The van der Waals surface area contributed by atoms with E-state index in [0.717, 1.165) is 111 Å². The Labute approximate surface area is 448 Å². The van der Waals surface area contributed by atoms with Gasteiger partial charge >= 0.3 is 0 Å². The zero-order chi connectivity index (χ0) is 51.8. The van der Waals surface area contributed by atoms with Crippen molar-refractivity contribution in [3.63, 3.8) is 0 Å². The molecule has 0 radical (unpaired) electrons. The van der Waals surface area contributed by atoms with Crippen LogP contribution in [0, 0.1) is 0 Å². The van der Waals surface area contributed by atoms with Crippen LogP contribution in [0.15, 0.2) is 276 Å². The number of nitrogens with zero attached hydrogens (tertiary/aromatic N) is 8. The van der Waals surface area contributed by atoms with Gasteiger partial charge in [0.25, 0.3) is 0 Å². The summed E-state index contributed by atoms with van der Waals surface area (Å²) in [4.78, 5) is 15.6. The van der Waals surface area contributed by atoms with Crippen LogP contribution in [0.3, 0.4) is 0 Å². The van der Waals surface area contributed by atoms with Gasteiger partial charge in [-0.3, -0.25) is 0 Å². The van der Waals surface area contributed by atoms with E-state index in [4.69, 9.17) is 18.8 Å². The van der Waals surface area contributed by atoms with Gasteiger partial charge in [-0.15, -0.1) is 20.4 Å². The van der Waals surface area contributed by atoms with E-state index in [0.29, 0.717) is 23.6 Å². The van der Waals surface area contributed by atoms with Crippen molar-refractivity contribution in [2.24, 2.45) is 0 Å². The number of anilines is 6. The number of hydrogen-bond acceptors (Lipinski definition) is 10. The van der Waals surface area contributed by atoms with E-state index in [1.54, 1.807) is 0 Å². The lowest BCUT2D eigenvalue weighted by Crippen LogP contribution is -2.11. The first-order valence-corrected chi connectivity index (χ1v) is 25.7. The Morgan fingerprint density at radius 3 is 0.910 bits per heavy atom. The van der Waals surface area contributed by atoms with Crippen molar-refractivity contribution in [1.82, 2.24) is 30.4 Å². The number of para-hydroxylation sites is 4. The number of hydrogen-bond donors (Lipinski definition) is 0. The monoisotopic (exact) mass is 1000 g/mol. The normalized spacial score (nSPS) is 11.3. The summed E-state index contributed by atoms with van der Waals surface area (Å²) in [6, 6.07) is 91.1. The van der Waals surface area contributed by atoms with Crippen LogP contribution in [-0.2, 0) is 0 Å². The highest BCUT2D eigenvalue weighted by Crippen LogP contribution is 2.47. The van der Waals surface area contributed by atoms with Crippen LogP contribution in [0.1, 0.15) is 0 Å². The molecule has 3 aromatic heterocycles. The fourth-order valence-corrected chi connectivity index (χ4v) is 10.3. The summed E-state index contributed by atoms with van der Waals surface area (Å²) in [6.45, 7) is 0. The predicted molar refractivity (Wildman–Crippen MR) is 312 cm³/mol. The molecule has 14 aromatic rings. The van der Waals surface area contributed by atoms with Gasteiger partial charge in [-0.1, -0.05) is 133 Å². The van der Waals surface area contributed by atoms with Crippen LogP contribution >= 0.6 is 0 Å². The standard InChI is InChI=1S/C68H44N8O2/c1-5-19-45(20-6-1)65-71-73-67(77-65)47-33-37-51(38-34-47)75(49-23-9-3-10-24-49)61-43-41-57(53-27-13-15-29-55(53)61)63-64(70-60-32-18-17-31-59(60)69-63)58-42-44-62(56-30-16-14-28-54(56)58)76(50-25-11-4-12-26-50)52-39-35-48(36-40-52)68-74-72-66(78-68)46-21-7-2-8-22-46/h1-44H. The lowest BCUT2D eigenvalue weighted by atomic mass is 9.93. The van der Waals surface area contributed by atoms with E-state index >= 15 is 0 Å². The van der Waals surface area contributed by atoms with Crippen LogP contribution in [0.5, 0.6) is 0 Å². The summed E-state index contributed by atoms with van der Waals surface area (Å²) >= 11 is 0. The molecule has 368 valence electrons. The van der Waals surface area contributed by atoms with Crippen molar-refractivity contribution >= 4 is 66.7 Å². The molecule has 0 fully saturated rings. The summed E-state index contributed by atoms with van der Waals surface area (Å²) in [5.41, 5.74) is 14.5. The summed E-state index contributed by atoms with van der Waals surface area (Å²) in [5, 5.41) is 21.7. The number of fused-ring (bicyclic) bond motifs is 3. The molecular weight excluding hydrogens is 961 g/mol. The smallest absolute Gasteiger partial charge is 0.248 e. The first-order chi connectivity index (χ1) is 38.7. The van der Waals surface area contributed by atoms with E-state index in [9.17, 15) is 0 Å². The molecule has 10 heteroatoms. The molecule has 14 rings (SSSR count). The van der Waals surface area contributed by atoms with Crippen molar-refractivity contribution in [3.8, 4) is 68.3 Å². The molecule has 78 heavy (non-hydrogen) atoms. The van der Waals surface area contributed by atoms with Crippen LogP contribution in [0.25, 0.3) is 101 Å². The molecule has 0 aliphatic rings. The highest BCUT2D eigenvalue weighted by atomic mass is 16.4. The van der Waals surface area contributed by atoms with E-state index in [2.05, 4.69) is 176 Å². The van der Waals surface area contributed by atoms with Crippen LogP contribution in [-0.4, -0.2) is 30.4 Å². The second-order valence-electron chi connectivity index (χ2n) is 18.8. The van der Waals surface area contributed by atoms with Gasteiger partial charge in [0.05, 0.1) is 33.8 Å². The van der Waals surface area contributed by atoms with Crippen molar-refractivity contribution in [3.05, 3.63) is 267 Å². The van der Waals surface area contributed by atoms with Crippen molar-refractivity contribution in [2.45, 2.75) is 0 Å². The minimum Gasteiger partial charge on any atom is -0.416 e. The van der Waals surface area contributed by atoms with E-state index in [1.165, 1.54) is 0 Å². The van der Waals surface area contributed by atoms with Crippen molar-refractivity contribution < 1.29 is 8.83 Å². The van der Waals surface area contributed by atoms with Gasteiger partial charge < -0.3 is 18.6 Å². The van der Waals surface area contributed by atoms with Crippen molar-refractivity contribution in [2.75, 3.05) is 9.80 Å². The molecule has 11 aromatic carbocycles. The number of aromatic nitrogens is 6. The molecule has 0 aliphatic heterocycles. The van der Waals surface area contributed by atoms with Crippen LogP contribution in [0.2, 0.25) is 0 Å². The summed E-state index contributed by atoms with van der Waals surface area (Å²) in [5.74, 6) is 1.86. The zero-order valence-corrected chi connectivity index (χ0v) is 41.8. The lowest BCUT2D eigenvalue weighted by Gasteiger charge is -2.28. The minimum absolute atomic E-state index is 0.454. The molecule has 0 spiro atoms. The van der Waals surface area contributed by atoms with E-state index < -0.39 is 0 Å². The Morgan fingerprint density at radius 2 is 0.538 bits per heavy atom. The highest BCUT2D eigenvalue weighted by Gasteiger charge is 2.24. The fraction of sp³-hybridized carbons (Fsp3) is 0. The quantitative estimate of drug-likeness (QED) is 0.117. The second kappa shape index (κ2) is 19.8. The molecule has 0 amide bonds. The molecule has 0 atom stereocenters. The van der Waals surface area contributed by atoms with Gasteiger partial charge in [0.15, 0.2) is 0 Å². The Balaban J connectivity index is 0.878. The number of rotatable bonds is 12. The third kappa shape index (κ3) is 8.45. The third-order valence-electron chi connectivity index (χ3n) is 14.0. The average Bonchev–Trinajstić information content (AvgIpc) is 4.36. The van der Waals surface area contributed by atoms with E-state index in [-0.39, 0.29) is 0 Å². The van der Waals surface area contributed by atoms with Gasteiger partial charge in [-0.25, -0.2) is 9.97 Å². The molecule has 0 saturated heterocycles. The molecule has 0 N–H and O–H groups in total. The van der Waals surface area contributed by atoms with Gasteiger partial charge in [-0.05, 0) is 144 Å². The van der Waals surface area contributed by atoms with E-state index in [1.807, 2.05) is 121 Å². The molecule has 0 saturated carbocycles. The maximum Gasteiger partial charge on any atom is 0.248 e. The third-order valence-corrected chi connectivity index (χ3v) is 14.0. The Morgan fingerprint density at radius 1 is 0.244 bits per heavy atom. The SMILES string of the molecule is c1ccc(-c2nnc(-c3ccc(N(c4ccccc4)c4ccc(-c5nc6ccccc6nc5-c5ccc(N(c6ccccc6)c6ccc(-c7nnc(-c8ccccc8)o7)cc6)c6ccccc56)c5ccccc45)cc3)o2)cc1. The van der Waals surface area contributed by atoms with Crippen molar-refractivity contribution in [1.29, 1.82) is 0 Å². The molecule has 3 heterocycles. The number of benzene rings is 11. The highest BCUT2D eigenvalue weighted by molar-refractivity contribution is 6.11. The largest absolute Gasteiger partial charge is 0.416 e. The topological polar surface area (TPSA) is 110 Å². The Hall–Kier alpha value is -10.8. The molecule has 0 unspecified atom stereocenters. The summed E-state index contributed by atoms with van der Waals surface area (Å²) in [7, 11) is 0. The summed E-state index contributed by atoms with van der Waals surface area (Å²) < 4.78 is 12.3. The second-order valence-corrected chi connectivity index (χ2v) is 18.8. The Kier molecular flexibility index (Phi) is 11.6.